The van der Waals surface area contributed by atoms with Gasteiger partial charge < -0.3 is 10.6 Å². The minimum atomic E-state index is -0.271. The SMILES string of the molecule is CC(=O)Nc1ccc(NC(=O)c2cnn(-c3ccc(Cl)cc3)c2)cc1. The van der Waals surface area contributed by atoms with Crippen molar-refractivity contribution >= 4 is 34.8 Å². The summed E-state index contributed by atoms with van der Waals surface area (Å²) in [6.07, 6.45) is 3.14. The van der Waals surface area contributed by atoms with Crippen LogP contribution in [0.2, 0.25) is 5.02 Å². The van der Waals surface area contributed by atoms with Gasteiger partial charge in [-0.25, -0.2) is 4.68 Å². The molecule has 3 aromatic rings. The highest BCUT2D eigenvalue weighted by molar-refractivity contribution is 6.30. The molecule has 2 amide bonds. The molecule has 126 valence electrons. The zero-order valence-electron chi connectivity index (χ0n) is 13.4. The van der Waals surface area contributed by atoms with Gasteiger partial charge in [0, 0.05) is 29.5 Å². The van der Waals surface area contributed by atoms with E-state index in [1.54, 1.807) is 47.3 Å². The summed E-state index contributed by atoms with van der Waals surface area (Å²) < 4.78 is 1.60. The zero-order chi connectivity index (χ0) is 17.8. The molecule has 0 bridgehead atoms. The van der Waals surface area contributed by atoms with Gasteiger partial charge in [-0.15, -0.1) is 0 Å². The quantitative estimate of drug-likeness (QED) is 0.749. The summed E-state index contributed by atoms with van der Waals surface area (Å²) in [6.45, 7) is 1.44. The van der Waals surface area contributed by atoms with E-state index in [0.717, 1.165) is 5.69 Å². The van der Waals surface area contributed by atoms with Crippen molar-refractivity contribution in [3.63, 3.8) is 0 Å². The first-order valence-corrected chi connectivity index (χ1v) is 7.89. The van der Waals surface area contributed by atoms with Crippen LogP contribution >= 0.6 is 11.6 Å². The predicted octanol–water partition coefficient (Wildman–Crippen LogP) is 3.74. The van der Waals surface area contributed by atoms with Gasteiger partial charge in [-0.1, -0.05) is 11.6 Å². The van der Waals surface area contributed by atoms with Crippen molar-refractivity contribution in [1.29, 1.82) is 0 Å². The summed E-state index contributed by atoms with van der Waals surface area (Å²) in [5.74, 6) is -0.418. The second-order valence-electron chi connectivity index (χ2n) is 5.36. The Labute approximate surface area is 149 Å². The molecule has 25 heavy (non-hydrogen) atoms. The molecule has 0 aliphatic rings. The summed E-state index contributed by atoms with van der Waals surface area (Å²) in [7, 11) is 0. The fraction of sp³-hybridized carbons (Fsp3) is 0.0556. The Morgan fingerprint density at radius 2 is 1.56 bits per heavy atom. The van der Waals surface area contributed by atoms with Gasteiger partial charge in [-0.2, -0.15) is 5.10 Å². The van der Waals surface area contributed by atoms with E-state index in [2.05, 4.69) is 15.7 Å². The molecule has 0 unspecified atom stereocenters. The molecule has 0 atom stereocenters. The maximum atomic E-state index is 12.3. The van der Waals surface area contributed by atoms with Crippen LogP contribution in [-0.4, -0.2) is 21.6 Å². The molecular weight excluding hydrogens is 340 g/mol. The van der Waals surface area contributed by atoms with Crippen LogP contribution in [0.1, 0.15) is 17.3 Å². The van der Waals surface area contributed by atoms with Gasteiger partial charge in [0.1, 0.15) is 0 Å². The van der Waals surface area contributed by atoms with Crippen LogP contribution in [0.4, 0.5) is 11.4 Å². The lowest BCUT2D eigenvalue weighted by Gasteiger charge is -2.06. The highest BCUT2D eigenvalue weighted by atomic mass is 35.5. The van der Waals surface area contributed by atoms with Gasteiger partial charge in [-0.05, 0) is 48.5 Å². The van der Waals surface area contributed by atoms with E-state index >= 15 is 0 Å². The third kappa shape index (κ3) is 4.24. The third-order valence-electron chi connectivity index (χ3n) is 3.40. The fourth-order valence-electron chi connectivity index (χ4n) is 2.22. The first-order chi connectivity index (χ1) is 12.0. The largest absolute Gasteiger partial charge is 0.326 e. The molecule has 6 nitrogen and oxygen atoms in total. The second-order valence-corrected chi connectivity index (χ2v) is 5.80. The molecule has 0 spiro atoms. The van der Waals surface area contributed by atoms with E-state index < -0.39 is 0 Å². The molecule has 2 aromatic carbocycles. The van der Waals surface area contributed by atoms with E-state index in [1.807, 2.05) is 12.1 Å². The van der Waals surface area contributed by atoms with Crippen LogP contribution < -0.4 is 10.6 Å². The van der Waals surface area contributed by atoms with Gasteiger partial charge in [0.15, 0.2) is 0 Å². The summed E-state index contributed by atoms with van der Waals surface area (Å²) in [5.41, 5.74) is 2.53. The average Bonchev–Trinajstić information content (AvgIpc) is 3.07. The molecule has 0 radical (unpaired) electrons. The van der Waals surface area contributed by atoms with Crippen LogP contribution in [0.25, 0.3) is 5.69 Å². The Morgan fingerprint density at radius 1 is 0.960 bits per heavy atom. The van der Waals surface area contributed by atoms with Gasteiger partial charge in [-0.3, -0.25) is 9.59 Å². The van der Waals surface area contributed by atoms with Crippen molar-refractivity contribution in [2.24, 2.45) is 0 Å². The second kappa shape index (κ2) is 7.19. The molecule has 2 N–H and O–H groups in total. The molecule has 7 heteroatoms. The number of halogens is 1. The Morgan fingerprint density at radius 3 is 2.16 bits per heavy atom. The molecule has 0 aliphatic carbocycles. The normalized spacial score (nSPS) is 10.3. The van der Waals surface area contributed by atoms with Gasteiger partial charge in [0.25, 0.3) is 5.91 Å². The number of carbonyl (C=O) groups excluding carboxylic acids is 2. The molecule has 1 heterocycles. The lowest BCUT2D eigenvalue weighted by Crippen LogP contribution is -2.11. The number of aromatic nitrogens is 2. The van der Waals surface area contributed by atoms with E-state index in [0.29, 0.717) is 22.0 Å². The average molecular weight is 355 g/mol. The lowest BCUT2D eigenvalue weighted by molar-refractivity contribution is -0.114. The first-order valence-electron chi connectivity index (χ1n) is 7.51. The Kier molecular flexibility index (Phi) is 4.81. The van der Waals surface area contributed by atoms with Gasteiger partial charge in [0.2, 0.25) is 5.91 Å². The Bertz CT molecular complexity index is 902. The van der Waals surface area contributed by atoms with Crippen LogP contribution in [0, 0.1) is 0 Å². The monoisotopic (exact) mass is 354 g/mol. The van der Waals surface area contributed by atoms with E-state index in [4.69, 9.17) is 11.6 Å². The fourth-order valence-corrected chi connectivity index (χ4v) is 2.34. The molecular formula is C18H15ClN4O2. The number of carbonyl (C=O) groups is 2. The van der Waals surface area contributed by atoms with Crippen LogP contribution in [0.3, 0.4) is 0 Å². The highest BCUT2D eigenvalue weighted by Crippen LogP contribution is 2.16. The van der Waals surface area contributed by atoms with Crippen LogP contribution in [0.15, 0.2) is 60.9 Å². The van der Waals surface area contributed by atoms with E-state index in [1.165, 1.54) is 13.1 Å². The maximum Gasteiger partial charge on any atom is 0.258 e. The van der Waals surface area contributed by atoms with Crippen molar-refractivity contribution in [1.82, 2.24) is 9.78 Å². The van der Waals surface area contributed by atoms with E-state index in [9.17, 15) is 9.59 Å². The molecule has 0 fully saturated rings. The number of rotatable bonds is 4. The first kappa shape index (κ1) is 16.7. The minimum absolute atomic E-state index is 0.147. The number of anilines is 2. The van der Waals surface area contributed by atoms with Crippen LogP contribution in [0.5, 0.6) is 0 Å². The third-order valence-corrected chi connectivity index (χ3v) is 3.65. The van der Waals surface area contributed by atoms with Crippen LogP contribution in [-0.2, 0) is 4.79 Å². The number of hydrogen-bond donors (Lipinski definition) is 2. The molecule has 0 aliphatic heterocycles. The highest BCUT2D eigenvalue weighted by Gasteiger charge is 2.10. The van der Waals surface area contributed by atoms with E-state index in [-0.39, 0.29) is 11.8 Å². The topological polar surface area (TPSA) is 76.0 Å². The number of benzene rings is 2. The van der Waals surface area contributed by atoms with Crippen molar-refractivity contribution in [3.8, 4) is 5.69 Å². The van der Waals surface area contributed by atoms with Crippen molar-refractivity contribution < 1.29 is 9.59 Å². The van der Waals surface area contributed by atoms with Crippen molar-refractivity contribution in [2.45, 2.75) is 6.92 Å². The summed E-state index contributed by atoms with van der Waals surface area (Å²) in [4.78, 5) is 23.3. The van der Waals surface area contributed by atoms with Gasteiger partial charge >= 0.3 is 0 Å². The molecule has 0 saturated heterocycles. The predicted molar refractivity (Wildman–Crippen MR) is 97.3 cm³/mol. The standard InChI is InChI=1S/C18H15ClN4O2/c1-12(24)21-15-4-6-16(7-5-15)22-18(25)13-10-20-23(11-13)17-8-2-14(19)3-9-17/h2-11H,1H3,(H,21,24)(H,22,25). The number of hydrogen-bond acceptors (Lipinski definition) is 3. The Balaban J connectivity index is 1.69. The molecule has 3 rings (SSSR count). The maximum absolute atomic E-state index is 12.3. The Hall–Kier alpha value is -3.12. The number of nitrogens with zero attached hydrogens (tertiary/aromatic N) is 2. The summed E-state index contributed by atoms with van der Waals surface area (Å²) >= 11 is 5.87. The lowest BCUT2D eigenvalue weighted by atomic mass is 10.2. The van der Waals surface area contributed by atoms with Gasteiger partial charge in [0.05, 0.1) is 17.4 Å². The number of amides is 2. The molecule has 1 aromatic heterocycles. The smallest absolute Gasteiger partial charge is 0.258 e. The van der Waals surface area contributed by atoms with Crippen molar-refractivity contribution in [2.75, 3.05) is 10.6 Å². The summed E-state index contributed by atoms with van der Waals surface area (Å²) in [5, 5.41) is 10.3. The zero-order valence-corrected chi connectivity index (χ0v) is 14.1. The molecule has 0 saturated carbocycles. The number of nitrogens with one attached hydrogen (secondary N) is 2. The minimum Gasteiger partial charge on any atom is -0.326 e. The van der Waals surface area contributed by atoms with Crippen molar-refractivity contribution in [3.05, 3.63) is 71.5 Å². The summed E-state index contributed by atoms with van der Waals surface area (Å²) in [6, 6.07) is 14.0.